The maximum atomic E-state index is 11.8. The van der Waals surface area contributed by atoms with Crippen molar-refractivity contribution in [2.24, 2.45) is 16.7 Å². The maximum Gasteiger partial charge on any atom is 0.361 e. The van der Waals surface area contributed by atoms with E-state index in [9.17, 15) is 4.79 Å². The molecular weight excluding hydrogens is 214 g/mol. The largest absolute Gasteiger partial charge is 0.458 e. The van der Waals surface area contributed by atoms with Crippen LogP contribution in [0.15, 0.2) is 0 Å². The van der Waals surface area contributed by atoms with Crippen LogP contribution in [-0.4, -0.2) is 32.7 Å². The number of hydrogen-bond acceptors (Lipinski definition) is 2. The zero-order valence-electron chi connectivity index (χ0n) is 11.8. The van der Waals surface area contributed by atoms with Crippen molar-refractivity contribution in [1.29, 1.82) is 0 Å². The smallest absolute Gasteiger partial charge is 0.361 e. The monoisotopic (exact) mass is 240 g/mol. The molecule has 2 fully saturated rings. The lowest BCUT2D eigenvalue weighted by atomic mass is 9.70. The molecule has 0 amide bonds. The van der Waals surface area contributed by atoms with Gasteiger partial charge in [-0.05, 0) is 30.6 Å². The minimum atomic E-state index is -0.0421. The Morgan fingerprint density at radius 3 is 2.41 bits per heavy atom. The number of likely N-dealkylation sites (N-methyl/N-ethyl adjacent to an activating group) is 1. The normalized spacial score (nSPS) is 38.7. The standard InChI is InChI=1S/C14H25NO2/c1-13(2)10-6-7-14(13,3)11(8-10)17-12(16)9-15(4)5/h10-11H,6-9H2,1-5H3/p+1/t10-,11+,14-/m0/s1. The lowest BCUT2D eigenvalue weighted by molar-refractivity contribution is -0.850. The number of ether oxygens (including phenoxy) is 1. The number of nitrogens with one attached hydrogen (secondary N) is 1. The maximum absolute atomic E-state index is 11.8. The molecule has 98 valence electrons. The average molecular weight is 240 g/mol. The Bertz CT molecular complexity index is 324. The zero-order valence-corrected chi connectivity index (χ0v) is 11.8. The summed E-state index contributed by atoms with van der Waals surface area (Å²) in [7, 11) is 3.96. The molecular formula is C14H26NO2+. The third kappa shape index (κ3) is 1.88. The third-order valence-electron chi connectivity index (χ3n) is 5.49. The summed E-state index contributed by atoms with van der Waals surface area (Å²) in [6.45, 7) is 7.46. The molecule has 2 saturated carbocycles. The molecule has 0 aromatic heterocycles. The van der Waals surface area contributed by atoms with Crippen molar-refractivity contribution in [3.63, 3.8) is 0 Å². The number of esters is 1. The molecule has 2 aliphatic rings. The highest BCUT2D eigenvalue weighted by atomic mass is 16.5. The van der Waals surface area contributed by atoms with E-state index < -0.39 is 0 Å². The lowest BCUT2D eigenvalue weighted by Crippen LogP contribution is -3.06. The predicted octanol–water partition coefficient (Wildman–Crippen LogP) is 0.889. The van der Waals surface area contributed by atoms with Crippen molar-refractivity contribution in [2.45, 2.75) is 46.1 Å². The molecule has 0 aromatic carbocycles. The Hall–Kier alpha value is -0.570. The molecule has 3 atom stereocenters. The fourth-order valence-corrected chi connectivity index (χ4v) is 3.80. The zero-order chi connectivity index (χ0) is 12.8. The molecule has 2 bridgehead atoms. The van der Waals surface area contributed by atoms with Crippen LogP contribution in [0.2, 0.25) is 0 Å². The van der Waals surface area contributed by atoms with Gasteiger partial charge in [-0.2, -0.15) is 0 Å². The van der Waals surface area contributed by atoms with Crippen molar-refractivity contribution in [3.05, 3.63) is 0 Å². The molecule has 1 N–H and O–H groups in total. The fourth-order valence-electron chi connectivity index (χ4n) is 3.80. The summed E-state index contributed by atoms with van der Waals surface area (Å²) in [5, 5.41) is 0. The summed E-state index contributed by atoms with van der Waals surface area (Å²) in [4.78, 5) is 12.9. The van der Waals surface area contributed by atoms with Gasteiger partial charge in [0.1, 0.15) is 6.10 Å². The van der Waals surface area contributed by atoms with Gasteiger partial charge in [-0.15, -0.1) is 0 Å². The summed E-state index contributed by atoms with van der Waals surface area (Å²) in [5.41, 5.74) is 0.512. The van der Waals surface area contributed by atoms with E-state index in [0.717, 1.165) is 17.2 Å². The van der Waals surface area contributed by atoms with E-state index >= 15 is 0 Å². The fraction of sp³-hybridized carbons (Fsp3) is 0.929. The van der Waals surface area contributed by atoms with Crippen LogP contribution in [0.25, 0.3) is 0 Å². The van der Waals surface area contributed by atoms with Crippen LogP contribution < -0.4 is 4.90 Å². The van der Waals surface area contributed by atoms with Crippen LogP contribution in [0, 0.1) is 16.7 Å². The first-order valence-corrected chi connectivity index (χ1v) is 6.76. The first-order valence-electron chi connectivity index (χ1n) is 6.76. The second-order valence-electron chi connectivity index (χ2n) is 6.97. The number of quaternary nitrogens is 1. The van der Waals surface area contributed by atoms with Crippen molar-refractivity contribution >= 4 is 5.97 Å². The van der Waals surface area contributed by atoms with Gasteiger partial charge in [0, 0.05) is 5.41 Å². The second-order valence-corrected chi connectivity index (χ2v) is 6.97. The first-order chi connectivity index (χ1) is 7.77. The van der Waals surface area contributed by atoms with Crippen molar-refractivity contribution in [2.75, 3.05) is 20.6 Å². The summed E-state index contributed by atoms with van der Waals surface area (Å²) in [6, 6.07) is 0. The average Bonchev–Trinajstić information content (AvgIpc) is 2.49. The van der Waals surface area contributed by atoms with Crippen molar-refractivity contribution < 1.29 is 14.4 Å². The van der Waals surface area contributed by atoms with E-state index in [1.807, 2.05) is 14.1 Å². The van der Waals surface area contributed by atoms with Crippen molar-refractivity contribution in [1.82, 2.24) is 0 Å². The third-order valence-corrected chi connectivity index (χ3v) is 5.49. The molecule has 0 radical (unpaired) electrons. The van der Waals surface area contributed by atoms with E-state index in [1.165, 1.54) is 12.8 Å². The van der Waals surface area contributed by atoms with E-state index in [2.05, 4.69) is 20.8 Å². The van der Waals surface area contributed by atoms with Gasteiger partial charge in [-0.3, -0.25) is 0 Å². The quantitative estimate of drug-likeness (QED) is 0.743. The van der Waals surface area contributed by atoms with Crippen LogP contribution in [0.4, 0.5) is 0 Å². The van der Waals surface area contributed by atoms with Gasteiger partial charge in [-0.1, -0.05) is 20.8 Å². The number of rotatable bonds is 3. The van der Waals surface area contributed by atoms with Crippen LogP contribution >= 0.6 is 0 Å². The lowest BCUT2D eigenvalue weighted by Gasteiger charge is -2.38. The van der Waals surface area contributed by atoms with Gasteiger partial charge in [0.2, 0.25) is 0 Å². The van der Waals surface area contributed by atoms with Gasteiger partial charge in [0.25, 0.3) is 0 Å². The molecule has 0 aromatic rings. The minimum Gasteiger partial charge on any atom is -0.458 e. The van der Waals surface area contributed by atoms with Gasteiger partial charge >= 0.3 is 5.97 Å². The minimum absolute atomic E-state index is 0.0421. The summed E-state index contributed by atoms with van der Waals surface area (Å²) < 4.78 is 5.73. The van der Waals surface area contributed by atoms with E-state index in [0.29, 0.717) is 12.0 Å². The van der Waals surface area contributed by atoms with Crippen LogP contribution in [0.5, 0.6) is 0 Å². The number of carbonyl (C=O) groups is 1. The summed E-state index contributed by atoms with van der Waals surface area (Å²) in [5.74, 6) is 0.691. The molecule has 3 nitrogen and oxygen atoms in total. The predicted molar refractivity (Wildman–Crippen MR) is 66.8 cm³/mol. The Morgan fingerprint density at radius 1 is 1.35 bits per heavy atom. The number of carbonyl (C=O) groups excluding carboxylic acids is 1. The number of fused-ring (bicyclic) bond motifs is 2. The van der Waals surface area contributed by atoms with Gasteiger partial charge in [0.15, 0.2) is 6.54 Å². The Labute approximate surface area is 105 Å². The molecule has 2 aliphatic carbocycles. The van der Waals surface area contributed by atoms with Crippen LogP contribution in [0.3, 0.4) is 0 Å². The molecule has 0 heterocycles. The molecule has 0 spiro atoms. The summed E-state index contributed by atoms with van der Waals surface area (Å²) >= 11 is 0. The molecule has 17 heavy (non-hydrogen) atoms. The van der Waals surface area contributed by atoms with E-state index in [-0.39, 0.29) is 17.5 Å². The molecule has 0 aliphatic heterocycles. The number of hydrogen-bond donors (Lipinski definition) is 1. The SMILES string of the molecule is C[NH+](C)CC(=O)O[C@@H]1C[C@@H]2CC[C@]1(C)C2(C)C. The van der Waals surface area contributed by atoms with E-state index in [1.54, 1.807) is 0 Å². The van der Waals surface area contributed by atoms with Crippen LogP contribution in [0.1, 0.15) is 40.0 Å². The summed E-state index contributed by atoms with van der Waals surface area (Å²) in [6.07, 6.45) is 3.72. The van der Waals surface area contributed by atoms with Gasteiger partial charge in [0.05, 0.1) is 14.1 Å². The second kappa shape index (κ2) is 3.98. The Kier molecular flexibility index (Phi) is 3.01. The molecule has 0 unspecified atom stereocenters. The highest BCUT2D eigenvalue weighted by molar-refractivity contribution is 5.70. The topological polar surface area (TPSA) is 30.7 Å². The molecule has 3 heteroatoms. The Morgan fingerprint density at radius 2 is 2.00 bits per heavy atom. The first kappa shape index (κ1) is 12.9. The highest BCUT2D eigenvalue weighted by Crippen LogP contribution is 2.66. The Balaban J connectivity index is 2.03. The van der Waals surface area contributed by atoms with E-state index in [4.69, 9.17) is 4.74 Å². The highest BCUT2D eigenvalue weighted by Gasteiger charge is 2.62. The van der Waals surface area contributed by atoms with Crippen molar-refractivity contribution in [3.8, 4) is 0 Å². The van der Waals surface area contributed by atoms with Gasteiger partial charge in [-0.25, -0.2) is 4.79 Å². The van der Waals surface area contributed by atoms with Gasteiger partial charge < -0.3 is 9.64 Å². The molecule has 2 rings (SSSR count). The van der Waals surface area contributed by atoms with Crippen LogP contribution in [-0.2, 0) is 9.53 Å². The molecule has 0 saturated heterocycles.